The molecule has 0 bridgehead atoms. The number of carbonyl (C=O) groups is 3. The van der Waals surface area contributed by atoms with Gasteiger partial charge in [0.25, 0.3) is 0 Å². The van der Waals surface area contributed by atoms with Crippen molar-refractivity contribution < 1.29 is 19.5 Å². The van der Waals surface area contributed by atoms with Crippen molar-refractivity contribution in [2.45, 2.75) is 19.8 Å². The van der Waals surface area contributed by atoms with Crippen LogP contribution >= 0.6 is 0 Å². The van der Waals surface area contributed by atoms with Gasteiger partial charge in [0.15, 0.2) is 0 Å². The second kappa shape index (κ2) is 6.39. The Morgan fingerprint density at radius 3 is 2.67 bits per heavy atom. The van der Waals surface area contributed by atoms with Crippen molar-refractivity contribution in [1.29, 1.82) is 0 Å². The highest BCUT2D eigenvalue weighted by Gasteiger charge is 2.27. The molecule has 1 aromatic rings. The van der Waals surface area contributed by atoms with E-state index < -0.39 is 5.97 Å². The number of hydrogen-bond donors (Lipinski definition) is 2. The summed E-state index contributed by atoms with van der Waals surface area (Å²) in [7, 11) is 0. The number of rotatable bonds is 3. The van der Waals surface area contributed by atoms with Crippen molar-refractivity contribution in [3.05, 3.63) is 29.8 Å². The normalized spacial score (nSPS) is 18.1. The monoisotopic (exact) mass is 290 g/mol. The molecule has 1 saturated heterocycles. The van der Waals surface area contributed by atoms with Gasteiger partial charge in [0.1, 0.15) is 0 Å². The minimum absolute atomic E-state index is 0.0431. The van der Waals surface area contributed by atoms with Gasteiger partial charge in [-0.3, -0.25) is 9.59 Å². The first-order valence-electron chi connectivity index (χ1n) is 6.87. The first-order valence-corrected chi connectivity index (χ1v) is 6.87. The molecule has 0 aliphatic carbocycles. The Kier molecular flexibility index (Phi) is 4.57. The summed E-state index contributed by atoms with van der Waals surface area (Å²) in [6, 6.07) is 6.29. The maximum Gasteiger partial charge on any atom is 0.337 e. The van der Waals surface area contributed by atoms with Crippen LogP contribution in [0.1, 0.15) is 30.1 Å². The van der Waals surface area contributed by atoms with Gasteiger partial charge in [0, 0.05) is 20.0 Å². The van der Waals surface area contributed by atoms with E-state index in [0.29, 0.717) is 19.5 Å². The van der Waals surface area contributed by atoms with E-state index in [1.165, 1.54) is 13.0 Å². The number of carboxylic acids is 1. The number of para-hydroxylation sites is 1. The Bertz CT molecular complexity index is 571. The van der Waals surface area contributed by atoms with Crippen LogP contribution in [0.5, 0.6) is 0 Å². The zero-order chi connectivity index (χ0) is 15.4. The van der Waals surface area contributed by atoms with Crippen molar-refractivity contribution in [1.82, 2.24) is 4.90 Å². The zero-order valence-corrected chi connectivity index (χ0v) is 11.8. The van der Waals surface area contributed by atoms with Crippen LogP contribution in [-0.4, -0.2) is 40.9 Å². The summed E-state index contributed by atoms with van der Waals surface area (Å²) in [5.74, 6) is -1.67. The van der Waals surface area contributed by atoms with Gasteiger partial charge >= 0.3 is 5.97 Å². The van der Waals surface area contributed by atoms with Gasteiger partial charge in [-0.05, 0) is 25.0 Å². The SMILES string of the molecule is CC(=O)N1CCCC(C(=O)Nc2ccccc2C(=O)O)C1. The number of amides is 2. The number of aromatic carboxylic acids is 1. The molecule has 6 heteroatoms. The third-order valence-electron chi connectivity index (χ3n) is 3.65. The molecule has 112 valence electrons. The standard InChI is InChI=1S/C15H18N2O4/c1-10(18)17-8-4-5-11(9-17)14(19)16-13-7-3-2-6-12(13)15(20)21/h2-3,6-7,11H,4-5,8-9H2,1H3,(H,16,19)(H,20,21). The highest BCUT2D eigenvalue weighted by molar-refractivity contribution is 6.01. The summed E-state index contributed by atoms with van der Waals surface area (Å²) >= 11 is 0. The molecule has 0 saturated carbocycles. The van der Waals surface area contributed by atoms with Crippen molar-refractivity contribution in [3.63, 3.8) is 0 Å². The number of benzene rings is 1. The molecule has 1 aliphatic rings. The highest BCUT2D eigenvalue weighted by atomic mass is 16.4. The molecular weight excluding hydrogens is 272 g/mol. The Morgan fingerprint density at radius 2 is 2.00 bits per heavy atom. The third kappa shape index (κ3) is 3.59. The third-order valence-corrected chi connectivity index (χ3v) is 3.65. The lowest BCUT2D eigenvalue weighted by molar-refractivity contribution is -0.132. The van der Waals surface area contributed by atoms with E-state index in [-0.39, 0.29) is 29.0 Å². The van der Waals surface area contributed by atoms with Crippen LogP contribution in [0.3, 0.4) is 0 Å². The van der Waals surface area contributed by atoms with E-state index in [1.54, 1.807) is 23.1 Å². The molecule has 1 unspecified atom stereocenters. The number of nitrogens with one attached hydrogen (secondary N) is 1. The van der Waals surface area contributed by atoms with E-state index in [4.69, 9.17) is 5.11 Å². The molecule has 0 aromatic heterocycles. The predicted octanol–water partition coefficient (Wildman–Crippen LogP) is 1.58. The lowest BCUT2D eigenvalue weighted by Gasteiger charge is -2.31. The quantitative estimate of drug-likeness (QED) is 0.885. The van der Waals surface area contributed by atoms with Gasteiger partial charge in [-0.2, -0.15) is 0 Å². The fourth-order valence-electron chi connectivity index (χ4n) is 2.49. The Hall–Kier alpha value is -2.37. The molecule has 6 nitrogen and oxygen atoms in total. The smallest absolute Gasteiger partial charge is 0.337 e. The fourth-order valence-corrected chi connectivity index (χ4v) is 2.49. The molecule has 1 aliphatic heterocycles. The Labute approximate surface area is 122 Å². The number of carbonyl (C=O) groups excluding carboxylic acids is 2. The highest BCUT2D eigenvalue weighted by Crippen LogP contribution is 2.21. The summed E-state index contributed by atoms with van der Waals surface area (Å²) in [6.45, 7) is 2.54. The average molecular weight is 290 g/mol. The molecule has 1 aromatic carbocycles. The molecule has 0 radical (unpaired) electrons. The molecule has 21 heavy (non-hydrogen) atoms. The molecule has 1 atom stereocenters. The van der Waals surface area contributed by atoms with Gasteiger partial charge in [0.2, 0.25) is 11.8 Å². The van der Waals surface area contributed by atoms with Crippen molar-refractivity contribution >= 4 is 23.5 Å². The molecule has 2 rings (SSSR count). The number of likely N-dealkylation sites (tertiary alicyclic amines) is 1. The largest absolute Gasteiger partial charge is 0.478 e. The van der Waals surface area contributed by atoms with Crippen LogP contribution in [0.2, 0.25) is 0 Å². The number of piperidine rings is 1. The van der Waals surface area contributed by atoms with Crippen LogP contribution in [0.25, 0.3) is 0 Å². The van der Waals surface area contributed by atoms with Gasteiger partial charge in [-0.15, -0.1) is 0 Å². The van der Waals surface area contributed by atoms with Crippen molar-refractivity contribution in [2.75, 3.05) is 18.4 Å². The van der Waals surface area contributed by atoms with Crippen molar-refractivity contribution in [3.8, 4) is 0 Å². The molecule has 0 spiro atoms. The summed E-state index contributed by atoms with van der Waals surface area (Å²) in [5, 5.41) is 11.8. The van der Waals surface area contributed by atoms with Crippen LogP contribution in [0, 0.1) is 5.92 Å². The van der Waals surface area contributed by atoms with Crippen molar-refractivity contribution in [2.24, 2.45) is 5.92 Å². The summed E-state index contributed by atoms with van der Waals surface area (Å²) in [4.78, 5) is 36.4. The van der Waals surface area contributed by atoms with Gasteiger partial charge in [0.05, 0.1) is 17.2 Å². The second-order valence-electron chi connectivity index (χ2n) is 5.14. The van der Waals surface area contributed by atoms with E-state index in [2.05, 4.69) is 5.32 Å². The van der Waals surface area contributed by atoms with Crippen LogP contribution in [-0.2, 0) is 9.59 Å². The minimum Gasteiger partial charge on any atom is -0.478 e. The topological polar surface area (TPSA) is 86.7 Å². The zero-order valence-electron chi connectivity index (χ0n) is 11.8. The molecule has 1 fully saturated rings. The Morgan fingerprint density at radius 1 is 1.29 bits per heavy atom. The maximum absolute atomic E-state index is 12.3. The first-order chi connectivity index (χ1) is 9.99. The number of hydrogen-bond acceptors (Lipinski definition) is 3. The predicted molar refractivity (Wildman–Crippen MR) is 77.0 cm³/mol. The minimum atomic E-state index is -1.08. The first kappa shape index (κ1) is 15.0. The number of nitrogens with zero attached hydrogens (tertiary/aromatic N) is 1. The second-order valence-corrected chi connectivity index (χ2v) is 5.14. The average Bonchev–Trinajstić information content (AvgIpc) is 2.47. The summed E-state index contributed by atoms with van der Waals surface area (Å²) < 4.78 is 0. The van der Waals surface area contributed by atoms with Gasteiger partial charge in [-0.25, -0.2) is 4.79 Å². The Balaban J connectivity index is 2.08. The molecule has 2 N–H and O–H groups in total. The van der Waals surface area contributed by atoms with E-state index in [0.717, 1.165) is 6.42 Å². The number of anilines is 1. The van der Waals surface area contributed by atoms with E-state index in [9.17, 15) is 14.4 Å². The molecular formula is C15H18N2O4. The van der Waals surface area contributed by atoms with Crippen LogP contribution in [0.4, 0.5) is 5.69 Å². The maximum atomic E-state index is 12.3. The lowest BCUT2D eigenvalue weighted by atomic mass is 9.97. The van der Waals surface area contributed by atoms with E-state index >= 15 is 0 Å². The van der Waals surface area contributed by atoms with Crippen LogP contribution < -0.4 is 5.32 Å². The van der Waals surface area contributed by atoms with Gasteiger partial charge < -0.3 is 15.3 Å². The molecule has 1 heterocycles. The summed E-state index contributed by atoms with van der Waals surface area (Å²) in [5.41, 5.74) is 0.347. The molecule has 2 amide bonds. The lowest BCUT2D eigenvalue weighted by Crippen LogP contribution is -2.42. The van der Waals surface area contributed by atoms with Crippen LogP contribution in [0.15, 0.2) is 24.3 Å². The fraction of sp³-hybridized carbons (Fsp3) is 0.400. The summed E-state index contributed by atoms with van der Waals surface area (Å²) in [6.07, 6.45) is 1.48. The van der Waals surface area contributed by atoms with Gasteiger partial charge in [-0.1, -0.05) is 12.1 Å². The van der Waals surface area contributed by atoms with E-state index in [1.807, 2.05) is 0 Å². The number of carboxylic acid groups (broad SMARTS) is 1.